The van der Waals surface area contributed by atoms with Gasteiger partial charge < -0.3 is 20.5 Å². The molecule has 2 amide bonds. The smallest absolute Gasteiger partial charge is 0.330 e. The summed E-state index contributed by atoms with van der Waals surface area (Å²) in [7, 11) is 0. The minimum Gasteiger partial charge on any atom is -0.479 e. The van der Waals surface area contributed by atoms with E-state index in [1.165, 1.54) is 6.07 Å². The van der Waals surface area contributed by atoms with E-state index in [0.29, 0.717) is 18.7 Å². The van der Waals surface area contributed by atoms with Gasteiger partial charge in [-0.1, -0.05) is 26.8 Å². The monoisotopic (exact) mass is 362 g/mol. The molecule has 7 nitrogen and oxygen atoms in total. The molecule has 0 radical (unpaired) electrons. The van der Waals surface area contributed by atoms with Crippen molar-refractivity contribution in [3.63, 3.8) is 0 Å². The highest BCUT2D eigenvalue weighted by Crippen LogP contribution is 2.51. The van der Waals surface area contributed by atoms with Gasteiger partial charge in [0.05, 0.1) is 6.10 Å². The number of nitrogens with one attached hydrogen (secondary N) is 2. The number of carbonyl (C=O) groups is 3. The van der Waals surface area contributed by atoms with Gasteiger partial charge in [-0.2, -0.15) is 0 Å². The lowest BCUT2D eigenvalue weighted by Crippen LogP contribution is -2.76. The van der Waals surface area contributed by atoms with Crippen LogP contribution in [0.1, 0.15) is 50.9 Å². The van der Waals surface area contributed by atoms with Crippen molar-refractivity contribution in [2.45, 2.75) is 52.2 Å². The van der Waals surface area contributed by atoms with Crippen molar-refractivity contribution < 1.29 is 24.2 Å². The van der Waals surface area contributed by atoms with Gasteiger partial charge in [-0.15, -0.1) is 0 Å². The van der Waals surface area contributed by atoms with Crippen LogP contribution >= 0.6 is 0 Å². The van der Waals surface area contributed by atoms with E-state index < -0.39 is 22.8 Å². The van der Waals surface area contributed by atoms with Gasteiger partial charge in [0.1, 0.15) is 5.54 Å². The molecule has 1 aliphatic carbocycles. The van der Waals surface area contributed by atoms with E-state index >= 15 is 0 Å². The third-order valence-corrected chi connectivity index (χ3v) is 5.19. The molecule has 1 aromatic carbocycles. The summed E-state index contributed by atoms with van der Waals surface area (Å²) in [5.41, 5.74) is -1.37. The Kier molecular flexibility index (Phi) is 5.71. The predicted molar refractivity (Wildman–Crippen MR) is 97.0 cm³/mol. The van der Waals surface area contributed by atoms with Crippen LogP contribution in [-0.2, 0) is 14.3 Å². The van der Waals surface area contributed by atoms with Gasteiger partial charge in [-0.25, -0.2) is 4.79 Å². The average molecular weight is 362 g/mol. The molecule has 26 heavy (non-hydrogen) atoms. The van der Waals surface area contributed by atoms with E-state index in [2.05, 4.69) is 10.6 Å². The van der Waals surface area contributed by atoms with Crippen molar-refractivity contribution in [2.75, 3.05) is 11.9 Å². The Morgan fingerprint density at radius 3 is 2.50 bits per heavy atom. The lowest BCUT2D eigenvalue weighted by Gasteiger charge is -2.58. The van der Waals surface area contributed by atoms with Crippen LogP contribution in [0, 0.1) is 5.41 Å². The highest BCUT2D eigenvalue weighted by atomic mass is 16.5. The second kappa shape index (κ2) is 7.45. The highest BCUT2D eigenvalue weighted by molar-refractivity contribution is 6.00. The molecule has 0 heterocycles. The van der Waals surface area contributed by atoms with Gasteiger partial charge in [0.2, 0.25) is 5.91 Å². The number of aliphatic carboxylic acids is 1. The molecule has 3 N–H and O–H groups in total. The van der Waals surface area contributed by atoms with E-state index in [-0.39, 0.29) is 24.0 Å². The molecule has 2 atom stereocenters. The van der Waals surface area contributed by atoms with Crippen molar-refractivity contribution in [1.29, 1.82) is 0 Å². The van der Waals surface area contributed by atoms with Crippen molar-refractivity contribution in [3.05, 3.63) is 29.8 Å². The van der Waals surface area contributed by atoms with Crippen LogP contribution in [0.2, 0.25) is 0 Å². The summed E-state index contributed by atoms with van der Waals surface area (Å²) in [6.07, 6.45) is 0.297. The molecule has 0 spiro atoms. The minimum absolute atomic E-state index is 0.163. The van der Waals surface area contributed by atoms with E-state index in [9.17, 15) is 19.5 Å². The normalized spacial score (nSPS) is 23.6. The molecule has 7 heteroatoms. The molecule has 1 aliphatic rings. The van der Waals surface area contributed by atoms with Gasteiger partial charge >= 0.3 is 5.97 Å². The lowest BCUT2D eigenvalue weighted by molar-refractivity contribution is -0.190. The van der Waals surface area contributed by atoms with E-state index in [1.807, 2.05) is 6.92 Å². The number of anilines is 1. The Morgan fingerprint density at radius 2 is 1.96 bits per heavy atom. The number of hydrogen-bond donors (Lipinski definition) is 3. The van der Waals surface area contributed by atoms with Crippen molar-refractivity contribution in [3.8, 4) is 0 Å². The number of amides is 2. The van der Waals surface area contributed by atoms with Crippen LogP contribution in [0.4, 0.5) is 5.69 Å². The fraction of sp³-hybridized carbons (Fsp3) is 0.526. The minimum atomic E-state index is -1.40. The van der Waals surface area contributed by atoms with Gasteiger partial charge in [0.25, 0.3) is 5.91 Å². The van der Waals surface area contributed by atoms with Crippen molar-refractivity contribution >= 4 is 23.5 Å². The molecule has 142 valence electrons. The zero-order valence-corrected chi connectivity index (χ0v) is 15.6. The summed E-state index contributed by atoms with van der Waals surface area (Å²) < 4.78 is 5.60. The first-order valence-corrected chi connectivity index (χ1v) is 8.75. The molecular weight excluding hydrogens is 336 g/mol. The number of rotatable bonds is 7. The van der Waals surface area contributed by atoms with E-state index in [0.717, 1.165) is 0 Å². The fourth-order valence-corrected chi connectivity index (χ4v) is 3.29. The Bertz CT molecular complexity index is 716. The van der Waals surface area contributed by atoms with Crippen LogP contribution < -0.4 is 10.6 Å². The second-order valence-corrected chi connectivity index (χ2v) is 7.02. The van der Waals surface area contributed by atoms with Crippen LogP contribution in [0.3, 0.4) is 0 Å². The second-order valence-electron chi connectivity index (χ2n) is 7.02. The Labute approximate surface area is 153 Å². The van der Waals surface area contributed by atoms with Crippen molar-refractivity contribution in [1.82, 2.24) is 5.32 Å². The molecule has 1 saturated carbocycles. The first-order valence-electron chi connectivity index (χ1n) is 8.75. The first kappa shape index (κ1) is 19.9. The Hall–Kier alpha value is -2.41. The Balaban J connectivity index is 2.21. The topological polar surface area (TPSA) is 105 Å². The summed E-state index contributed by atoms with van der Waals surface area (Å²) >= 11 is 0. The Morgan fingerprint density at radius 1 is 1.27 bits per heavy atom. The molecule has 1 aromatic rings. The molecule has 1 fully saturated rings. The third-order valence-electron chi connectivity index (χ3n) is 5.19. The average Bonchev–Trinajstić information content (AvgIpc) is 2.60. The number of carbonyl (C=O) groups excluding carboxylic acids is 2. The van der Waals surface area contributed by atoms with E-state index in [1.54, 1.807) is 39.0 Å². The molecule has 2 rings (SSSR count). The maximum atomic E-state index is 12.7. The maximum absolute atomic E-state index is 12.7. The maximum Gasteiger partial charge on any atom is 0.330 e. The summed E-state index contributed by atoms with van der Waals surface area (Å²) in [4.78, 5) is 36.2. The number of benzene rings is 1. The largest absolute Gasteiger partial charge is 0.479 e. The number of hydrogen-bond acceptors (Lipinski definition) is 4. The van der Waals surface area contributed by atoms with Crippen LogP contribution in [0.25, 0.3) is 0 Å². The van der Waals surface area contributed by atoms with Gasteiger partial charge in [0, 0.05) is 36.1 Å². The van der Waals surface area contributed by atoms with E-state index in [4.69, 9.17) is 4.74 Å². The predicted octanol–water partition coefficient (Wildman–Crippen LogP) is 2.42. The SMILES string of the molecule is CCOC1CC(NC(=O)c2cccc(NC(=O)CC)c2)(C(=O)O)C1(C)C. The fourth-order valence-electron chi connectivity index (χ4n) is 3.29. The first-order chi connectivity index (χ1) is 12.2. The zero-order chi connectivity index (χ0) is 19.5. The number of carboxylic acid groups (broad SMARTS) is 1. The molecule has 0 aromatic heterocycles. The molecule has 0 bridgehead atoms. The summed E-state index contributed by atoms with van der Waals surface area (Å²) in [6, 6.07) is 6.43. The molecule has 2 unspecified atom stereocenters. The van der Waals surface area contributed by atoms with Gasteiger partial charge in [0.15, 0.2) is 0 Å². The standard InChI is InChI=1S/C19H26N2O5/c1-5-15(22)20-13-9-7-8-12(10-13)16(23)21-19(17(24)25)11-14(26-6-2)18(19,3)4/h7-10,14H,5-6,11H2,1-4H3,(H,20,22)(H,21,23)(H,24,25). The highest BCUT2D eigenvalue weighted by Gasteiger charge is 2.66. The summed E-state index contributed by atoms with van der Waals surface area (Å²) in [6.45, 7) is 7.63. The van der Waals surface area contributed by atoms with Gasteiger partial charge in [-0.05, 0) is 25.1 Å². The molecule has 0 saturated heterocycles. The lowest BCUT2D eigenvalue weighted by atomic mass is 9.54. The summed E-state index contributed by atoms with van der Waals surface area (Å²) in [5, 5.41) is 15.2. The number of ether oxygens (including phenoxy) is 1. The van der Waals surface area contributed by atoms with Gasteiger partial charge in [-0.3, -0.25) is 9.59 Å². The van der Waals surface area contributed by atoms with Crippen LogP contribution in [0.15, 0.2) is 24.3 Å². The number of carboxylic acids is 1. The summed E-state index contributed by atoms with van der Waals surface area (Å²) in [5.74, 6) is -1.74. The zero-order valence-electron chi connectivity index (χ0n) is 15.6. The third kappa shape index (κ3) is 3.44. The van der Waals surface area contributed by atoms with Crippen LogP contribution in [0.5, 0.6) is 0 Å². The van der Waals surface area contributed by atoms with Crippen LogP contribution in [-0.4, -0.2) is 41.1 Å². The molecular formula is C19H26N2O5. The molecule has 0 aliphatic heterocycles. The quantitative estimate of drug-likeness (QED) is 0.691. The van der Waals surface area contributed by atoms with Crippen molar-refractivity contribution in [2.24, 2.45) is 5.41 Å².